The molecule has 0 heterocycles. The van der Waals surface area contributed by atoms with E-state index in [1.54, 1.807) is 18.2 Å². The molecule has 18 heavy (non-hydrogen) atoms. The quantitative estimate of drug-likeness (QED) is 0.631. The van der Waals surface area contributed by atoms with Gasteiger partial charge in [-0.05, 0) is 36.8 Å². The maximum Gasteiger partial charge on any atom is 0.196 e. The third-order valence-corrected chi connectivity index (χ3v) is 2.51. The van der Waals surface area contributed by atoms with Gasteiger partial charge in [0.25, 0.3) is 0 Å². The van der Waals surface area contributed by atoms with Crippen molar-refractivity contribution >= 4 is 17.1 Å². The van der Waals surface area contributed by atoms with Crippen molar-refractivity contribution in [3.63, 3.8) is 0 Å². The smallest absolute Gasteiger partial charge is 0.196 e. The first-order valence-electron chi connectivity index (χ1n) is 5.25. The minimum absolute atomic E-state index is 0.163. The van der Waals surface area contributed by atoms with Crippen LogP contribution in [-0.4, -0.2) is 0 Å². The molecule has 2 nitrogen and oxygen atoms in total. The van der Waals surface area contributed by atoms with Crippen LogP contribution in [-0.2, 0) is 0 Å². The summed E-state index contributed by atoms with van der Waals surface area (Å²) in [6.07, 6.45) is 0. The summed E-state index contributed by atoms with van der Waals surface area (Å²) in [6, 6.07) is 7.08. The van der Waals surface area contributed by atoms with Crippen LogP contribution >= 0.6 is 0 Å². The Labute approximate surface area is 102 Å². The Morgan fingerprint density at radius 1 is 0.944 bits per heavy atom. The number of nitrogens with one attached hydrogen (secondary N) is 1. The lowest BCUT2D eigenvalue weighted by Gasteiger charge is -2.11. The van der Waals surface area contributed by atoms with E-state index in [0.717, 1.165) is 17.7 Å². The molecule has 2 aromatic carbocycles. The van der Waals surface area contributed by atoms with Gasteiger partial charge in [0.05, 0.1) is 17.1 Å². The summed E-state index contributed by atoms with van der Waals surface area (Å²) in [5.74, 6) is -4.00. The highest BCUT2D eigenvalue weighted by molar-refractivity contribution is 5.73. The predicted octanol–water partition coefficient (Wildman–Crippen LogP) is 3.74. The van der Waals surface area contributed by atoms with E-state index in [0.29, 0.717) is 11.4 Å². The lowest BCUT2D eigenvalue weighted by molar-refractivity contribution is 0.449. The van der Waals surface area contributed by atoms with E-state index in [9.17, 15) is 13.2 Å². The topological polar surface area (TPSA) is 38.0 Å². The van der Waals surface area contributed by atoms with Gasteiger partial charge in [-0.25, -0.2) is 13.2 Å². The second-order valence-electron chi connectivity index (χ2n) is 3.94. The molecule has 0 radical (unpaired) electrons. The lowest BCUT2D eigenvalue weighted by atomic mass is 10.2. The fraction of sp³-hybridized carbons (Fsp3) is 0.0769. The molecule has 5 heteroatoms. The first-order chi connectivity index (χ1) is 8.49. The van der Waals surface area contributed by atoms with Crippen LogP contribution in [0.5, 0.6) is 0 Å². The number of halogens is 3. The summed E-state index contributed by atoms with van der Waals surface area (Å²) in [5, 5.41) is 2.63. The largest absolute Gasteiger partial charge is 0.397 e. The van der Waals surface area contributed by atoms with Crippen molar-refractivity contribution in [2.45, 2.75) is 6.92 Å². The van der Waals surface area contributed by atoms with E-state index in [1.807, 2.05) is 6.92 Å². The van der Waals surface area contributed by atoms with Crippen molar-refractivity contribution in [1.29, 1.82) is 0 Å². The number of nitrogen functional groups attached to an aromatic ring is 1. The lowest BCUT2D eigenvalue weighted by Crippen LogP contribution is -2.01. The predicted molar refractivity (Wildman–Crippen MR) is 65.2 cm³/mol. The second kappa shape index (κ2) is 4.60. The van der Waals surface area contributed by atoms with E-state index >= 15 is 0 Å². The summed E-state index contributed by atoms with van der Waals surface area (Å²) in [6.45, 7) is 1.86. The molecule has 0 saturated heterocycles. The summed E-state index contributed by atoms with van der Waals surface area (Å²) in [7, 11) is 0. The monoisotopic (exact) mass is 252 g/mol. The fourth-order valence-corrected chi connectivity index (χ4v) is 1.56. The Bertz CT molecular complexity index is 597. The van der Waals surface area contributed by atoms with E-state index in [4.69, 9.17) is 5.73 Å². The molecule has 0 spiro atoms. The van der Waals surface area contributed by atoms with Crippen LogP contribution < -0.4 is 11.1 Å². The van der Waals surface area contributed by atoms with Gasteiger partial charge in [0, 0.05) is 0 Å². The molecular formula is C13H11F3N2. The van der Waals surface area contributed by atoms with E-state index in [2.05, 4.69) is 5.32 Å². The molecule has 0 aromatic heterocycles. The highest BCUT2D eigenvalue weighted by atomic mass is 19.2. The van der Waals surface area contributed by atoms with E-state index in [1.165, 1.54) is 0 Å². The third-order valence-electron chi connectivity index (χ3n) is 2.51. The fourth-order valence-electron chi connectivity index (χ4n) is 1.56. The van der Waals surface area contributed by atoms with Gasteiger partial charge in [-0.15, -0.1) is 0 Å². The first-order valence-corrected chi connectivity index (χ1v) is 5.25. The van der Waals surface area contributed by atoms with Gasteiger partial charge < -0.3 is 11.1 Å². The number of rotatable bonds is 2. The Hall–Kier alpha value is -2.17. The van der Waals surface area contributed by atoms with Crippen molar-refractivity contribution in [3.8, 4) is 0 Å². The molecule has 3 N–H and O–H groups in total. The minimum atomic E-state index is -1.51. The summed E-state index contributed by atoms with van der Waals surface area (Å²) >= 11 is 0. The molecule has 0 aliphatic carbocycles. The zero-order valence-electron chi connectivity index (χ0n) is 9.60. The molecule has 0 fully saturated rings. The number of nitrogens with two attached hydrogens (primary N) is 1. The van der Waals surface area contributed by atoms with Crippen molar-refractivity contribution in [2.24, 2.45) is 0 Å². The Balaban J connectivity index is 2.37. The number of aryl methyl sites for hydroxylation is 1. The van der Waals surface area contributed by atoms with Gasteiger partial charge in [0.15, 0.2) is 17.5 Å². The summed E-state index contributed by atoms with van der Waals surface area (Å²) in [4.78, 5) is 0. The van der Waals surface area contributed by atoms with Crippen LogP contribution in [0.25, 0.3) is 0 Å². The van der Waals surface area contributed by atoms with Crippen LogP contribution in [0.15, 0.2) is 30.3 Å². The van der Waals surface area contributed by atoms with Gasteiger partial charge in [-0.3, -0.25) is 0 Å². The van der Waals surface area contributed by atoms with Gasteiger partial charge in [0.2, 0.25) is 0 Å². The Kier molecular flexibility index (Phi) is 3.14. The van der Waals surface area contributed by atoms with Gasteiger partial charge in [-0.1, -0.05) is 6.07 Å². The average Bonchev–Trinajstić information content (AvgIpc) is 2.33. The normalized spacial score (nSPS) is 10.4. The molecule has 0 amide bonds. The van der Waals surface area contributed by atoms with Gasteiger partial charge in [-0.2, -0.15) is 0 Å². The highest BCUT2D eigenvalue weighted by Gasteiger charge is 2.13. The molecule has 0 unspecified atom stereocenters. The number of benzene rings is 2. The number of hydrogen-bond acceptors (Lipinski definition) is 2. The van der Waals surface area contributed by atoms with Crippen LogP contribution in [0.1, 0.15) is 5.56 Å². The molecule has 2 aromatic rings. The second-order valence-corrected chi connectivity index (χ2v) is 3.94. The number of anilines is 3. The maximum atomic E-state index is 13.4. The molecule has 2 rings (SSSR count). The SMILES string of the molecule is Cc1ccc(Nc2ccc(F)c(F)c2F)c(N)c1. The molecule has 0 aliphatic heterocycles. The zero-order valence-corrected chi connectivity index (χ0v) is 9.60. The molecule has 0 saturated carbocycles. The Morgan fingerprint density at radius 3 is 2.28 bits per heavy atom. The maximum absolute atomic E-state index is 13.4. The van der Waals surface area contributed by atoms with Crippen molar-refractivity contribution in [1.82, 2.24) is 0 Å². The van der Waals surface area contributed by atoms with Crippen LogP contribution in [0, 0.1) is 24.4 Å². The summed E-state index contributed by atoms with van der Waals surface area (Å²) in [5.41, 5.74) is 7.36. The molecule has 94 valence electrons. The van der Waals surface area contributed by atoms with Crippen molar-refractivity contribution in [3.05, 3.63) is 53.3 Å². The van der Waals surface area contributed by atoms with E-state index < -0.39 is 17.5 Å². The van der Waals surface area contributed by atoms with Gasteiger partial charge in [0.1, 0.15) is 0 Å². The van der Waals surface area contributed by atoms with Crippen molar-refractivity contribution < 1.29 is 13.2 Å². The molecule has 0 aliphatic rings. The van der Waals surface area contributed by atoms with Crippen molar-refractivity contribution in [2.75, 3.05) is 11.1 Å². The zero-order chi connectivity index (χ0) is 13.3. The standard InChI is InChI=1S/C13H11F3N2/c1-7-2-4-10(9(17)6-7)18-11-5-3-8(14)12(15)13(11)16/h2-6,18H,17H2,1H3. The van der Waals surface area contributed by atoms with Crippen LogP contribution in [0.3, 0.4) is 0 Å². The number of hydrogen-bond donors (Lipinski definition) is 2. The molecule has 0 atom stereocenters. The Morgan fingerprint density at radius 2 is 1.61 bits per heavy atom. The molecular weight excluding hydrogens is 241 g/mol. The molecule has 0 bridgehead atoms. The minimum Gasteiger partial charge on any atom is -0.397 e. The highest BCUT2D eigenvalue weighted by Crippen LogP contribution is 2.27. The third kappa shape index (κ3) is 2.25. The average molecular weight is 252 g/mol. The first kappa shape index (κ1) is 12.3. The van der Waals surface area contributed by atoms with Crippen LogP contribution in [0.2, 0.25) is 0 Å². The summed E-state index contributed by atoms with van der Waals surface area (Å²) < 4.78 is 39.2. The van der Waals surface area contributed by atoms with E-state index in [-0.39, 0.29) is 5.69 Å². The van der Waals surface area contributed by atoms with Gasteiger partial charge >= 0.3 is 0 Å². The van der Waals surface area contributed by atoms with Crippen LogP contribution in [0.4, 0.5) is 30.2 Å².